The molecular weight excluding hydrogens is 502 g/mol. The molecule has 2 aromatic carbocycles. The molecule has 0 aliphatic heterocycles. The third kappa shape index (κ3) is 10.3. The molecule has 0 saturated heterocycles. The lowest BCUT2D eigenvalue weighted by atomic mass is 9.97. The number of unbranched alkanes of at least 4 members (excludes halogenated alkanes) is 2. The molecule has 2 unspecified atom stereocenters. The maximum atomic E-state index is 14.3. The largest absolute Gasteiger partial charge is 0.444 e. The summed E-state index contributed by atoms with van der Waals surface area (Å²) in [7, 11) is 0. The number of amides is 3. The summed E-state index contributed by atoms with van der Waals surface area (Å²) < 4.78 is 5.49. The summed E-state index contributed by atoms with van der Waals surface area (Å²) in [6, 6.07) is 13.8. The third-order valence-electron chi connectivity index (χ3n) is 6.65. The zero-order valence-electron chi connectivity index (χ0n) is 25.7. The van der Waals surface area contributed by atoms with Gasteiger partial charge in [0.05, 0.1) is 0 Å². The molecule has 2 atom stereocenters. The lowest BCUT2D eigenvalue weighted by molar-refractivity contribution is -0.141. The van der Waals surface area contributed by atoms with E-state index in [0.717, 1.165) is 42.4 Å². The van der Waals surface area contributed by atoms with Gasteiger partial charge in [0, 0.05) is 12.2 Å². The maximum absolute atomic E-state index is 14.3. The van der Waals surface area contributed by atoms with Crippen LogP contribution in [0.5, 0.6) is 0 Å². The van der Waals surface area contributed by atoms with Crippen LogP contribution in [0.2, 0.25) is 0 Å². The molecule has 220 valence electrons. The lowest BCUT2D eigenvalue weighted by Crippen LogP contribution is -2.53. The van der Waals surface area contributed by atoms with Gasteiger partial charge in [-0.25, -0.2) is 4.79 Å². The number of hydrogen-bond donors (Lipinski definition) is 2. The van der Waals surface area contributed by atoms with E-state index in [1.807, 2.05) is 69.3 Å². The number of carbonyl (C=O) groups is 3. The van der Waals surface area contributed by atoms with Crippen molar-refractivity contribution < 1.29 is 19.1 Å². The normalized spacial score (nSPS) is 12.9. The van der Waals surface area contributed by atoms with Crippen LogP contribution in [-0.4, -0.2) is 41.0 Å². The van der Waals surface area contributed by atoms with Crippen LogP contribution in [0.15, 0.2) is 48.5 Å². The van der Waals surface area contributed by atoms with Gasteiger partial charge in [0.15, 0.2) is 0 Å². The van der Waals surface area contributed by atoms with Gasteiger partial charge in [-0.1, -0.05) is 83.0 Å². The fraction of sp³-hybridized carbons (Fsp3) is 0.545. The monoisotopic (exact) mass is 551 g/mol. The van der Waals surface area contributed by atoms with Crippen molar-refractivity contribution in [3.63, 3.8) is 0 Å². The molecule has 2 aromatic rings. The highest BCUT2D eigenvalue weighted by Gasteiger charge is 2.36. The third-order valence-corrected chi connectivity index (χ3v) is 6.65. The molecule has 0 saturated carbocycles. The Balaban J connectivity index is 2.55. The fourth-order valence-corrected chi connectivity index (χ4v) is 4.56. The van der Waals surface area contributed by atoms with Gasteiger partial charge in [-0.05, 0) is 75.6 Å². The molecule has 2 rings (SSSR count). The molecule has 2 N–H and O–H groups in total. The molecule has 0 aliphatic carbocycles. The van der Waals surface area contributed by atoms with Crippen molar-refractivity contribution >= 4 is 23.6 Å². The van der Waals surface area contributed by atoms with Gasteiger partial charge in [0.2, 0.25) is 5.91 Å². The SMILES string of the molecule is CCCCCN(C(=O)C(CC(C)C)NC(=O)OC(C)(C)C)C(C(=O)Nc1ccccc1C)c1ccc(CC)cc1. The van der Waals surface area contributed by atoms with E-state index >= 15 is 0 Å². The molecule has 0 fully saturated rings. The molecule has 40 heavy (non-hydrogen) atoms. The molecular formula is C33H49N3O4. The first-order chi connectivity index (χ1) is 18.9. The number of nitrogens with zero attached hydrogens (tertiary/aromatic N) is 1. The number of nitrogens with one attached hydrogen (secondary N) is 2. The van der Waals surface area contributed by atoms with Gasteiger partial charge in [-0.3, -0.25) is 9.59 Å². The summed E-state index contributed by atoms with van der Waals surface area (Å²) >= 11 is 0. The van der Waals surface area contributed by atoms with E-state index in [0.29, 0.717) is 18.7 Å². The Morgan fingerprint density at radius 3 is 2.15 bits per heavy atom. The van der Waals surface area contributed by atoms with Crippen LogP contribution in [0.3, 0.4) is 0 Å². The number of ether oxygens (including phenoxy) is 1. The van der Waals surface area contributed by atoms with E-state index in [4.69, 9.17) is 4.74 Å². The lowest BCUT2D eigenvalue weighted by Gasteiger charge is -2.35. The minimum atomic E-state index is -0.870. The van der Waals surface area contributed by atoms with Crippen molar-refractivity contribution in [2.75, 3.05) is 11.9 Å². The first kappa shape index (κ1) is 32.9. The van der Waals surface area contributed by atoms with Crippen molar-refractivity contribution in [1.82, 2.24) is 10.2 Å². The Kier molecular flexibility index (Phi) is 12.7. The Morgan fingerprint density at radius 2 is 1.60 bits per heavy atom. The van der Waals surface area contributed by atoms with E-state index in [1.54, 1.807) is 25.7 Å². The number of hydrogen-bond acceptors (Lipinski definition) is 4. The molecule has 3 amide bonds. The summed E-state index contributed by atoms with van der Waals surface area (Å²) in [4.78, 5) is 42.8. The van der Waals surface area contributed by atoms with Gasteiger partial charge in [-0.2, -0.15) is 0 Å². The highest BCUT2D eigenvalue weighted by Crippen LogP contribution is 2.27. The molecule has 0 spiro atoms. The molecule has 0 radical (unpaired) electrons. The molecule has 0 bridgehead atoms. The van der Waals surface area contributed by atoms with Crippen LogP contribution in [0.1, 0.15) is 96.9 Å². The summed E-state index contributed by atoms with van der Waals surface area (Å²) in [5.74, 6) is -0.450. The molecule has 0 heterocycles. The number of benzene rings is 2. The van der Waals surface area contributed by atoms with E-state index in [1.165, 1.54) is 0 Å². The highest BCUT2D eigenvalue weighted by atomic mass is 16.6. The van der Waals surface area contributed by atoms with Crippen LogP contribution in [-0.2, 0) is 20.7 Å². The number of aryl methyl sites for hydroxylation is 2. The molecule has 7 heteroatoms. The summed E-state index contributed by atoms with van der Waals surface area (Å²) in [6.45, 7) is 15.9. The standard InChI is InChI=1S/C33H49N3O4/c1-9-11-14-21-36(31(38)28(22-23(3)4)35-32(39)40-33(6,7)8)29(26-19-17-25(10-2)18-20-26)30(37)34-27-16-13-12-15-24(27)5/h12-13,15-20,23,28-29H,9-11,14,21-22H2,1-8H3,(H,34,37)(H,35,39). The van der Waals surface area contributed by atoms with E-state index in [2.05, 4.69) is 24.5 Å². The fourth-order valence-electron chi connectivity index (χ4n) is 4.56. The second kappa shape index (κ2) is 15.4. The van der Waals surface area contributed by atoms with Crippen molar-refractivity contribution in [1.29, 1.82) is 0 Å². The first-order valence-corrected chi connectivity index (χ1v) is 14.6. The summed E-state index contributed by atoms with van der Waals surface area (Å²) in [5.41, 5.74) is 2.81. The van der Waals surface area contributed by atoms with Gasteiger partial charge < -0.3 is 20.3 Å². The van der Waals surface area contributed by atoms with E-state index in [9.17, 15) is 14.4 Å². The Morgan fingerprint density at radius 1 is 0.950 bits per heavy atom. The van der Waals surface area contributed by atoms with Gasteiger partial charge in [0.1, 0.15) is 17.7 Å². The summed E-state index contributed by atoms with van der Waals surface area (Å²) in [6.07, 6.45) is 3.27. The predicted octanol–water partition coefficient (Wildman–Crippen LogP) is 7.20. The molecule has 7 nitrogen and oxygen atoms in total. The van der Waals surface area contributed by atoms with Crippen LogP contribution < -0.4 is 10.6 Å². The quantitative estimate of drug-likeness (QED) is 0.258. The number of anilines is 1. The Hall–Kier alpha value is -3.35. The molecule has 0 aromatic heterocycles. The zero-order chi connectivity index (χ0) is 29.9. The van der Waals surface area contributed by atoms with Crippen LogP contribution in [0.25, 0.3) is 0 Å². The zero-order valence-corrected chi connectivity index (χ0v) is 25.7. The highest BCUT2D eigenvalue weighted by molar-refractivity contribution is 5.99. The average molecular weight is 552 g/mol. The van der Waals surface area contributed by atoms with Crippen molar-refractivity contribution in [3.05, 3.63) is 65.2 Å². The minimum Gasteiger partial charge on any atom is -0.444 e. The van der Waals surface area contributed by atoms with Crippen LogP contribution in [0.4, 0.5) is 10.5 Å². The van der Waals surface area contributed by atoms with Crippen molar-refractivity contribution in [2.24, 2.45) is 5.92 Å². The second-order valence-corrected chi connectivity index (χ2v) is 11.9. The average Bonchev–Trinajstić information content (AvgIpc) is 2.87. The second-order valence-electron chi connectivity index (χ2n) is 11.9. The minimum absolute atomic E-state index is 0.129. The smallest absolute Gasteiger partial charge is 0.408 e. The number of para-hydroxylation sites is 1. The topological polar surface area (TPSA) is 87.7 Å². The van der Waals surface area contributed by atoms with Crippen molar-refractivity contribution in [3.8, 4) is 0 Å². The number of carbonyl (C=O) groups excluding carboxylic acids is 3. The first-order valence-electron chi connectivity index (χ1n) is 14.6. The van der Waals surface area contributed by atoms with Crippen LogP contribution in [0, 0.1) is 12.8 Å². The number of rotatable bonds is 13. The maximum Gasteiger partial charge on any atom is 0.408 e. The van der Waals surface area contributed by atoms with Crippen LogP contribution >= 0.6 is 0 Å². The molecule has 0 aliphatic rings. The predicted molar refractivity (Wildman–Crippen MR) is 162 cm³/mol. The van der Waals surface area contributed by atoms with Gasteiger partial charge >= 0.3 is 6.09 Å². The Bertz CT molecular complexity index is 1110. The van der Waals surface area contributed by atoms with Gasteiger partial charge in [0.25, 0.3) is 5.91 Å². The van der Waals surface area contributed by atoms with E-state index < -0.39 is 23.8 Å². The number of alkyl carbamates (subject to hydrolysis) is 1. The summed E-state index contributed by atoms with van der Waals surface area (Å²) in [5, 5.41) is 5.88. The van der Waals surface area contributed by atoms with Crippen molar-refractivity contribution in [2.45, 2.75) is 105 Å². The Labute approximate surface area is 241 Å². The van der Waals surface area contributed by atoms with Gasteiger partial charge in [-0.15, -0.1) is 0 Å². The van der Waals surface area contributed by atoms with E-state index in [-0.39, 0.29) is 17.7 Å².